The van der Waals surface area contributed by atoms with Gasteiger partial charge < -0.3 is 15.6 Å². The Morgan fingerprint density at radius 1 is 1.15 bits per heavy atom. The van der Waals surface area contributed by atoms with E-state index >= 15 is 0 Å². The average Bonchev–Trinajstić information content (AvgIpc) is 2.44. The van der Waals surface area contributed by atoms with Gasteiger partial charge in [-0.05, 0) is 18.6 Å². The number of anilines is 2. The van der Waals surface area contributed by atoms with Gasteiger partial charge in [-0.1, -0.05) is 12.1 Å². The lowest BCUT2D eigenvalue weighted by molar-refractivity contribution is -0.116. The Bertz CT molecular complexity index is 629. The van der Waals surface area contributed by atoms with Crippen LogP contribution >= 0.6 is 0 Å². The van der Waals surface area contributed by atoms with Gasteiger partial charge in [-0.3, -0.25) is 9.59 Å². The quantitative estimate of drug-likeness (QED) is 0.815. The minimum Gasteiger partial charge on any atom is -0.397 e. The van der Waals surface area contributed by atoms with Crippen molar-refractivity contribution in [2.75, 3.05) is 11.1 Å². The highest BCUT2D eigenvalue weighted by atomic mass is 16.1. The zero-order chi connectivity index (χ0) is 14.4. The SMILES string of the molecule is Nc1ccccc1NC(=O)CCCn1ccc(=O)cc1. The van der Waals surface area contributed by atoms with Crippen molar-refractivity contribution < 1.29 is 4.79 Å². The third-order valence-corrected chi connectivity index (χ3v) is 2.92. The average molecular weight is 271 g/mol. The molecule has 0 radical (unpaired) electrons. The maximum Gasteiger partial charge on any atom is 0.224 e. The van der Waals surface area contributed by atoms with Crippen LogP contribution in [0, 0.1) is 0 Å². The van der Waals surface area contributed by atoms with Gasteiger partial charge in [0.2, 0.25) is 5.91 Å². The molecule has 1 aromatic carbocycles. The van der Waals surface area contributed by atoms with Gasteiger partial charge in [0.05, 0.1) is 11.4 Å². The fourth-order valence-corrected chi connectivity index (χ4v) is 1.84. The highest BCUT2D eigenvalue weighted by Crippen LogP contribution is 2.16. The van der Waals surface area contributed by atoms with Crippen LogP contribution in [-0.4, -0.2) is 10.5 Å². The summed E-state index contributed by atoms with van der Waals surface area (Å²) in [6.45, 7) is 0.692. The number of pyridine rings is 1. The molecule has 2 aromatic rings. The molecule has 0 spiro atoms. The number of hydrogen-bond donors (Lipinski definition) is 2. The topological polar surface area (TPSA) is 77.1 Å². The van der Waals surface area contributed by atoms with Crippen LogP contribution in [0.5, 0.6) is 0 Å². The second kappa shape index (κ2) is 6.56. The smallest absolute Gasteiger partial charge is 0.224 e. The first-order valence-corrected chi connectivity index (χ1v) is 6.45. The van der Waals surface area contributed by atoms with Crippen molar-refractivity contribution in [1.29, 1.82) is 0 Å². The largest absolute Gasteiger partial charge is 0.397 e. The first-order valence-electron chi connectivity index (χ1n) is 6.45. The molecule has 0 aliphatic carbocycles. The Morgan fingerprint density at radius 3 is 2.55 bits per heavy atom. The molecule has 104 valence electrons. The number of nitrogens with two attached hydrogens (primary N) is 1. The van der Waals surface area contributed by atoms with E-state index < -0.39 is 0 Å². The molecule has 5 nitrogen and oxygen atoms in total. The zero-order valence-electron chi connectivity index (χ0n) is 11.1. The molecule has 0 aliphatic rings. The lowest BCUT2D eigenvalue weighted by atomic mass is 10.2. The number of aryl methyl sites for hydroxylation is 1. The van der Waals surface area contributed by atoms with E-state index in [4.69, 9.17) is 5.73 Å². The van der Waals surface area contributed by atoms with E-state index in [1.54, 1.807) is 24.5 Å². The first kappa shape index (κ1) is 13.9. The van der Waals surface area contributed by atoms with Gasteiger partial charge in [-0.15, -0.1) is 0 Å². The fraction of sp³-hybridized carbons (Fsp3) is 0.200. The van der Waals surface area contributed by atoms with Crippen LogP contribution < -0.4 is 16.5 Å². The van der Waals surface area contributed by atoms with Gasteiger partial charge >= 0.3 is 0 Å². The number of carbonyl (C=O) groups excluding carboxylic acids is 1. The fourth-order valence-electron chi connectivity index (χ4n) is 1.84. The van der Waals surface area contributed by atoms with Crippen molar-refractivity contribution in [1.82, 2.24) is 4.57 Å². The van der Waals surface area contributed by atoms with Gasteiger partial charge in [0.15, 0.2) is 5.43 Å². The summed E-state index contributed by atoms with van der Waals surface area (Å²) in [6.07, 6.45) is 4.53. The van der Waals surface area contributed by atoms with Crippen molar-refractivity contribution in [3.63, 3.8) is 0 Å². The molecule has 0 bridgehead atoms. The van der Waals surface area contributed by atoms with Gasteiger partial charge in [-0.25, -0.2) is 0 Å². The van der Waals surface area contributed by atoms with Gasteiger partial charge in [0.1, 0.15) is 0 Å². The van der Waals surface area contributed by atoms with Crippen molar-refractivity contribution in [3.8, 4) is 0 Å². The maximum atomic E-state index is 11.8. The molecular weight excluding hydrogens is 254 g/mol. The van der Waals surface area contributed by atoms with E-state index in [2.05, 4.69) is 5.32 Å². The van der Waals surface area contributed by atoms with Crippen LogP contribution in [0.2, 0.25) is 0 Å². The lowest BCUT2D eigenvalue weighted by Crippen LogP contribution is -2.13. The summed E-state index contributed by atoms with van der Waals surface area (Å²) in [5, 5.41) is 2.78. The molecule has 1 amide bonds. The lowest BCUT2D eigenvalue weighted by Gasteiger charge is -2.08. The third kappa shape index (κ3) is 3.98. The number of aromatic nitrogens is 1. The number of nitrogen functional groups attached to an aromatic ring is 1. The summed E-state index contributed by atoms with van der Waals surface area (Å²) in [5.41, 5.74) is 6.94. The Kier molecular flexibility index (Phi) is 4.55. The predicted molar refractivity (Wildman–Crippen MR) is 79.4 cm³/mol. The van der Waals surface area contributed by atoms with E-state index in [-0.39, 0.29) is 11.3 Å². The summed E-state index contributed by atoms with van der Waals surface area (Å²) in [4.78, 5) is 22.7. The molecule has 2 rings (SSSR count). The van der Waals surface area contributed by atoms with Crippen LogP contribution in [0.3, 0.4) is 0 Å². The summed E-state index contributed by atoms with van der Waals surface area (Å²) >= 11 is 0. The number of hydrogen-bond acceptors (Lipinski definition) is 3. The summed E-state index contributed by atoms with van der Waals surface area (Å²) < 4.78 is 1.88. The highest BCUT2D eigenvalue weighted by molar-refractivity contribution is 5.93. The van der Waals surface area contributed by atoms with Crippen LogP contribution in [-0.2, 0) is 11.3 Å². The minimum absolute atomic E-state index is 0.0152. The molecule has 0 saturated carbocycles. The maximum absolute atomic E-state index is 11.8. The molecular formula is C15H17N3O2. The number of nitrogens with zero attached hydrogens (tertiary/aromatic N) is 1. The van der Waals surface area contributed by atoms with Crippen LogP contribution in [0.25, 0.3) is 0 Å². The molecule has 0 atom stereocenters. The zero-order valence-corrected chi connectivity index (χ0v) is 11.1. The number of carbonyl (C=O) groups is 1. The Morgan fingerprint density at radius 2 is 1.85 bits per heavy atom. The third-order valence-electron chi connectivity index (χ3n) is 2.92. The number of para-hydroxylation sites is 2. The number of rotatable bonds is 5. The highest BCUT2D eigenvalue weighted by Gasteiger charge is 2.04. The van der Waals surface area contributed by atoms with Gasteiger partial charge in [0.25, 0.3) is 0 Å². The van der Waals surface area contributed by atoms with Crippen LogP contribution in [0.1, 0.15) is 12.8 Å². The number of nitrogens with one attached hydrogen (secondary N) is 1. The molecule has 0 unspecified atom stereocenters. The first-order chi connectivity index (χ1) is 9.65. The molecule has 20 heavy (non-hydrogen) atoms. The van der Waals surface area contributed by atoms with E-state index in [1.807, 2.05) is 16.7 Å². The van der Waals surface area contributed by atoms with E-state index in [1.165, 1.54) is 12.1 Å². The number of amides is 1. The Hall–Kier alpha value is -2.56. The Balaban J connectivity index is 1.79. The summed E-state index contributed by atoms with van der Waals surface area (Å²) in [5.74, 6) is -0.0658. The normalized spacial score (nSPS) is 10.2. The van der Waals surface area contributed by atoms with Crippen LogP contribution in [0.15, 0.2) is 53.6 Å². The van der Waals surface area contributed by atoms with Crippen molar-refractivity contribution in [2.45, 2.75) is 19.4 Å². The minimum atomic E-state index is -0.0658. The van der Waals surface area contributed by atoms with Crippen LogP contribution in [0.4, 0.5) is 11.4 Å². The van der Waals surface area contributed by atoms with E-state index in [9.17, 15) is 9.59 Å². The van der Waals surface area contributed by atoms with E-state index in [0.717, 1.165) is 0 Å². The predicted octanol–water partition coefficient (Wildman–Crippen LogP) is 1.85. The molecule has 0 aliphatic heterocycles. The van der Waals surface area contributed by atoms with Crippen molar-refractivity contribution >= 4 is 17.3 Å². The standard InChI is InChI=1S/C15H17N3O2/c16-13-4-1-2-5-14(13)17-15(20)6-3-9-18-10-7-12(19)8-11-18/h1-2,4-5,7-8,10-11H,3,6,9,16H2,(H,17,20). The molecule has 5 heteroatoms. The second-order valence-electron chi connectivity index (χ2n) is 4.51. The van der Waals surface area contributed by atoms with E-state index in [0.29, 0.717) is 30.8 Å². The monoisotopic (exact) mass is 271 g/mol. The molecule has 3 N–H and O–H groups in total. The van der Waals surface area contributed by atoms with Gasteiger partial charge in [0, 0.05) is 37.5 Å². The number of benzene rings is 1. The van der Waals surface area contributed by atoms with Gasteiger partial charge in [-0.2, -0.15) is 0 Å². The van der Waals surface area contributed by atoms with Crippen molar-refractivity contribution in [2.24, 2.45) is 0 Å². The summed E-state index contributed by atoms with van der Waals surface area (Å²) in [6, 6.07) is 10.2. The molecule has 1 aromatic heterocycles. The van der Waals surface area contributed by atoms with Crippen molar-refractivity contribution in [3.05, 3.63) is 59.0 Å². The molecule has 0 saturated heterocycles. The second-order valence-corrected chi connectivity index (χ2v) is 4.51. The Labute approximate surface area is 117 Å². The molecule has 0 fully saturated rings. The molecule has 1 heterocycles. The summed E-state index contributed by atoms with van der Waals surface area (Å²) in [7, 11) is 0.